The molecule has 2 N–H and O–H groups in total. The Morgan fingerprint density at radius 1 is 1.35 bits per heavy atom. The summed E-state index contributed by atoms with van der Waals surface area (Å²) < 4.78 is 5.33. The summed E-state index contributed by atoms with van der Waals surface area (Å²) >= 11 is 1.62. The predicted octanol–water partition coefficient (Wildman–Crippen LogP) is 2.72. The van der Waals surface area contributed by atoms with Crippen LogP contribution in [-0.4, -0.2) is 23.6 Å². The molecule has 5 nitrogen and oxygen atoms in total. The van der Waals surface area contributed by atoms with E-state index in [-0.39, 0.29) is 0 Å². The molecule has 0 saturated carbocycles. The summed E-state index contributed by atoms with van der Waals surface area (Å²) in [5.74, 6) is 1.99. The van der Waals surface area contributed by atoms with Gasteiger partial charge in [0.15, 0.2) is 11.6 Å². The molecule has 0 atom stereocenters. The molecule has 0 aliphatic heterocycles. The quantitative estimate of drug-likeness (QED) is 0.854. The van der Waals surface area contributed by atoms with Crippen LogP contribution in [0.5, 0.6) is 5.75 Å². The highest BCUT2D eigenvalue weighted by molar-refractivity contribution is 7.08. The number of ether oxygens (including phenoxy) is 1. The van der Waals surface area contributed by atoms with Crippen molar-refractivity contribution in [2.75, 3.05) is 24.3 Å². The molecule has 0 fully saturated rings. The first-order valence-electron chi connectivity index (χ1n) is 5.27. The van der Waals surface area contributed by atoms with Crippen LogP contribution in [0.3, 0.4) is 0 Å². The predicted molar refractivity (Wildman–Crippen MR) is 70.3 cm³/mol. The van der Waals surface area contributed by atoms with E-state index in [0.29, 0.717) is 17.4 Å². The third-order valence-electron chi connectivity index (χ3n) is 2.14. The first-order valence-corrected chi connectivity index (χ1v) is 6.21. The lowest BCUT2D eigenvalue weighted by molar-refractivity contribution is 0.415. The molecule has 0 amide bonds. The number of aromatic nitrogens is 2. The third kappa shape index (κ3) is 2.65. The van der Waals surface area contributed by atoms with Gasteiger partial charge in [-0.3, -0.25) is 0 Å². The molecular weight excluding hydrogens is 236 g/mol. The largest absolute Gasteiger partial charge is 0.490 e. The number of nitrogens with zero attached hydrogens (tertiary/aromatic N) is 2. The van der Waals surface area contributed by atoms with Gasteiger partial charge in [0, 0.05) is 11.9 Å². The average Bonchev–Trinajstić information content (AvgIpc) is 2.83. The van der Waals surface area contributed by atoms with Gasteiger partial charge in [-0.25, -0.2) is 9.97 Å². The summed E-state index contributed by atoms with van der Waals surface area (Å²) in [4.78, 5) is 8.33. The van der Waals surface area contributed by atoms with Crippen molar-refractivity contribution in [1.29, 1.82) is 0 Å². The molecule has 0 bridgehead atoms. The highest BCUT2D eigenvalue weighted by atomic mass is 32.1. The second-order valence-corrected chi connectivity index (χ2v) is 4.05. The van der Waals surface area contributed by atoms with E-state index in [9.17, 15) is 0 Å². The number of methoxy groups -OCH3 is 1. The van der Waals surface area contributed by atoms with Gasteiger partial charge in [0.1, 0.15) is 6.33 Å². The van der Waals surface area contributed by atoms with Crippen LogP contribution in [0.1, 0.15) is 6.92 Å². The fourth-order valence-electron chi connectivity index (χ4n) is 1.42. The molecule has 0 aliphatic carbocycles. The number of anilines is 3. The lowest BCUT2D eigenvalue weighted by atomic mass is 10.4. The van der Waals surface area contributed by atoms with E-state index in [1.807, 2.05) is 23.8 Å². The van der Waals surface area contributed by atoms with Crippen molar-refractivity contribution >= 4 is 28.7 Å². The van der Waals surface area contributed by atoms with Crippen LogP contribution >= 0.6 is 11.3 Å². The zero-order chi connectivity index (χ0) is 12.1. The third-order valence-corrected chi connectivity index (χ3v) is 2.82. The smallest absolute Gasteiger partial charge is 0.204 e. The molecule has 0 saturated heterocycles. The Labute approximate surface area is 104 Å². The fourth-order valence-corrected chi connectivity index (χ4v) is 2.01. The topological polar surface area (TPSA) is 59.1 Å². The van der Waals surface area contributed by atoms with Gasteiger partial charge in [-0.05, 0) is 18.4 Å². The van der Waals surface area contributed by atoms with E-state index in [0.717, 1.165) is 12.2 Å². The van der Waals surface area contributed by atoms with Crippen molar-refractivity contribution in [3.05, 3.63) is 23.2 Å². The zero-order valence-corrected chi connectivity index (χ0v) is 10.5. The van der Waals surface area contributed by atoms with Crippen LogP contribution < -0.4 is 15.4 Å². The van der Waals surface area contributed by atoms with Crippen molar-refractivity contribution in [1.82, 2.24) is 9.97 Å². The fraction of sp³-hybridized carbons (Fsp3) is 0.273. The lowest BCUT2D eigenvalue weighted by Gasteiger charge is -2.12. The van der Waals surface area contributed by atoms with Crippen molar-refractivity contribution in [2.45, 2.75) is 6.92 Å². The lowest BCUT2D eigenvalue weighted by Crippen LogP contribution is -2.05. The van der Waals surface area contributed by atoms with Crippen molar-refractivity contribution in [3.63, 3.8) is 0 Å². The van der Waals surface area contributed by atoms with Gasteiger partial charge >= 0.3 is 0 Å². The molecule has 0 aromatic carbocycles. The van der Waals surface area contributed by atoms with Crippen LogP contribution in [0.15, 0.2) is 23.2 Å². The van der Waals surface area contributed by atoms with Gasteiger partial charge in [0.25, 0.3) is 0 Å². The molecule has 2 rings (SSSR count). The van der Waals surface area contributed by atoms with E-state index >= 15 is 0 Å². The van der Waals surface area contributed by atoms with E-state index in [1.165, 1.54) is 6.33 Å². The van der Waals surface area contributed by atoms with Gasteiger partial charge in [0.05, 0.1) is 12.8 Å². The number of thiophene rings is 1. The van der Waals surface area contributed by atoms with Crippen LogP contribution in [-0.2, 0) is 0 Å². The van der Waals surface area contributed by atoms with Gasteiger partial charge < -0.3 is 15.4 Å². The molecule has 90 valence electrons. The van der Waals surface area contributed by atoms with E-state index in [1.54, 1.807) is 18.4 Å². The molecule has 2 aromatic heterocycles. The highest BCUT2D eigenvalue weighted by Crippen LogP contribution is 2.31. The normalized spacial score (nSPS) is 10.0. The maximum Gasteiger partial charge on any atom is 0.204 e. The molecule has 0 unspecified atom stereocenters. The Morgan fingerprint density at radius 3 is 2.82 bits per heavy atom. The maximum atomic E-state index is 5.33. The minimum Gasteiger partial charge on any atom is -0.490 e. The zero-order valence-electron chi connectivity index (χ0n) is 9.73. The van der Waals surface area contributed by atoms with Crippen LogP contribution in [0, 0.1) is 0 Å². The van der Waals surface area contributed by atoms with Gasteiger partial charge in [0.2, 0.25) is 5.75 Å². The summed E-state index contributed by atoms with van der Waals surface area (Å²) in [6.45, 7) is 2.79. The Kier molecular flexibility index (Phi) is 3.77. The van der Waals surface area contributed by atoms with E-state index in [2.05, 4.69) is 20.6 Å². The molecule has 2 heterocycles. The Hall–Kier alpha value is -1.82. The van der Waals surface area contributed by atoms with E-state index < -0.39 is 0 Å². The molecular formula is C11H14N4OS. The first-order chi connectivity index (χ1) is 8.35. The number of rotatable bonds is 5. The molecule has 6 heteroatoms. The first kappa shape index (κ1) is 11.7. The van der Waals surface area contributed by atoms with Crippen LogP contribution in [0.2, 0.25) is 0 Å². The Balaban J connectivity index is 2.29. The minimum atomic E-state index is 0.626. The standard InChI is InChI=1S/C11H14N4OS/c1-3-12-10-9(16-2)11(14-7-13-10)15-8-4-5-17-6-8/h4-7H,3H2,1-2H3,(H2,12,13,14,15). The van der Waals surface area contributed by atoms with Gasteiger partial charge in [-0.1, -0.05) is 0 Å². The summed E-state index contributed by atoms with van der Waals surface area (Å²) in [5.41, 5.74) is 0.995. The molecule has 17 heavy (non-hydrogen) atoms. The molecule has 0 aliphatic rings. The van der Waals surface area contributed by atoms with Crippen molar-refractivity contribution < 1.29 is 4.74 Å². The second kappa shape index (κ2) is 5.49. The maximum absolute atomic E-state index is 5.33. The summed E-state index contributed by atoms with van der Waals surface area (Å²) in [6.07, 6.45) is 1.51. The number of hydrogen-bond acceptors (Lipinski definition) is 6. The van der Waals surface area contributed by atoms with Crippen molar-refractivity contribution in [3.8, 4) is 5.75 Å². The number of hydrogen-bond donors (Lipinski definition) is 2. The van der Waals surface area contributed by atoms with Crippen LogP contribution in [0.25, 0.3) is 0 Å². The summed E-state index contributed by atoms with van der Waals surface area (Å²) in [7, 11) is 1.61. The molecule has 0 radical (unpaired) electrons. The molecule has 2 aromatic rings. The van der Waals surface area contributed by atoms with Gasteiger partial charge in [-0.2, -0.15) is 11.3 Å². The Morgan fingerprint density at radius 2 is 2.18 bits per heavy atom. The Bertz CT molecular complexity index is 472. The van der Waals surface area contributed by atoms with Crippen molar-refractivity contribution in [2.24, 2.45) is 0 Å². The van der Waals surface area contributed by atoms with Gasteiger partial charge in [-0.15, -0.1) is 0 Å². The molecule has 0 spiro atoms. The van der Waals surface area contributed by atoms with E-state index in [4.69, 9.17) is 4.74 Å². The minimum absolute atomic E-state index is 0.626. The van der Waals surface area contributed by atoms with Crippen LogP contribution in [0.4, 0.5) is 17.3 Å². The SMILES string of the molecule is CCNc1ncnc(Nc2ccsc2)c1OC. The average molecular weight is 250 g/mol. The monoisotopic (exact) mass is 250 g/mol. The number of nitrogens with one attached hydrogen (secondary N) is 2. The summed E-state index contributed by atoms with van der Waals surface area (Å²) in [6, 6.07) is 1.99. The summed E-state index contributed by atoms with van der Waals surface area (Å²) in [5, 5.41) is 10.3. The second-order valence-electron chi connectivity index (χ2n) is 3.27. The highest BCUT2D eigenvalue weighted by Gasteiger charge is 2.11.